The number of halogens is 1. The highest BCUT2D eigenvalue weighted by Gasteiger charge is 2.25. The van der Waals surface area contributed by atoms with Crippen LogP contribution in [0, 0.1) is 0 Å². The van der Waals surface area contributed by atoms with Gasteiger partial charge < -0.3 is 5.32 Å². The van der Waals surface area contributed by atoms with Gasteiger partial charge in [0.15, 0.2) is 0 Å². The molecule has 0 fully saturated rings. The third-order valence-corrected chi connectivity index (χ3v) is 3.87. The molecule has 2 heterocycles. The second kappa shape index (κ2) is 5.25. The molecule has 0 spiro atoms. The van der Waals surface area contributed by atoms with Crippen molar-refractivity contribution in [1.82, 2.24) is 20.1 Å². The number of carbonyl (C=O) groups is 1. The van der Waals surface area contributed by atoms with E-state index < -0.39 is 0 Å². The van der Waals surface area contributed by atoms with Gasteiger partial charge in [-0.1, -0.05) is 11.6 Å². The van der Waals surface area contributed by atoms with E-state index in [2.05, 4.69) is 15.4 Å². The maximum atomic E-state index is 12.2. The first-order valence-electron chi connectivity index (χ1n) is 6.58. The lowest BCUT2D eigenvalue weighted by Crippen LogP contribution is -2.31. The predicted molar refractivity (Wildman–Crippen MR) is 75.6 cm³/mol. The number of aromatic nitrogens is 3. The largest absolute Gasteiger partial charge is 0.344 e. The van der Waals surface area contributed by atoms with Crippen LogP contribution in [0.15, 0.2) is 24.5 Å². The van der Waals surface area contributed by atoms with Crippen LogP contribution in [0.25, 0.3) is 0 Å². The lowest BCUT2D eigenvalue weighted by Gasteiger charge is -2.23. The van der Waals surface area contributed by atoms with E-state index in [1.165, 1.54) is 11.9 Å². The summed E-state index contributed by atoms with van der Waals surface area (Å²) in [5.74, 6) is -0.200. The number of carbonyl (C=O) groups excluding carboxylic acids is 1. The minimum absolute atomic E-state index is 0.000677. The number of rotatable bonds is 2. The van der Waals surface area contributed by atoms with Crippen LogP contribution in [0.1, 0.15) is 40.6 Å². The minimum Gasteiger partial charge on any atom is -0.344 e. The van der Waals surface area contributed by atoms with Crippen molar-refractivity contribution in [3.63, 3.8) is 0 Å². The number of aryl methyl sites for hydroxylation is 1. The topological polar surface area (TPSA) is 59.8 Å². The number of nitrogens with one attached hydrogen (secondary N) is 1. The average molecular weight is 291 g/mol. The van der Waals surface area contributed by atoms with Gasteiger partial charge in [-0.3, -0.25) is 14.5 Å². The Hall–Kier alpha value is -1.88. The van der Waals surface area contributed by atoms with Gasteiger partial charge in [-0.25, -0.2) is 0 Å². The molecule has 0 aromatic carbocycles. The van der Waals surface area contributed by atoms with E-state index in [1.54, 1.807) is 12.1 Å². The molecular weight excluding hydrogens is 276 g/mol. The Kier molecular flexibility index (Phi) is 3.44. The highest BCUT2D eigenvalue weighted by molar-refractivity contribution is 6.30. The normalized spacial score (nSPS) is 17.6. The van der Waals surface area contributed by atoms with Gasteiger partial charge in [-0.15, -0.1) is 0 Å². The Morgan fingerprint density at radius 3 is 3.20 bits per heavy atom. The second-order valence-electron chi connectivity index (χ2n) is 4.95. The van der Waals surface area contributed by atoms with E-state index in [1.807, 2.05) is 17.9 Å². The molecule has 104 valence electrons. The Morgan fingerprint density at radius 2 is 2.40 bits per heavy atom. The highest BCUT2D eigenvalue weighted by atomic mass is 35.5. The van der Waals surface area contributed by atoms with E-state index in [0.29, 0.717) is 10.7 Å². The fourth-order valence-electron chi connectivity index (χ4n) is 2.62. The van der Waals surface area contributed by atoms with Crippen LogP contribution in [-0.2, 0) is 13.5 Å². The van der Waals surface area contributed by atoms with E-state index in [4.69, 9.17) is 11.6 Å². The molecule has 1 aliphatic carbocycles. The van der Waals surface area contributed by atoms with Crippen LogP contribution in [0.5, 0.6) is 0 Å². The summed E-state index contributed by atoms with van der Waals surface area (Å²) in [4.78, 5) is 16.3. The molecule has 1 unspecified atom stereocenters. The zero-order valence-electron chi connectivity index (χ0n) is 11.1. The van der Waals surface area contributed by atoms with Gasteiger partial charge >= 0.3 is 0 Å². The van der Waals surface area contributed by atoms with Gasteiger partial charge in [0, 0.05) is 29.5 Å². The molecule has 6 heteroatoms. The highest BCUT2D eigenvalue weighted by Crippen LogP contribution is 2.29. The molecule has 5 nitrogen and oxygen atoms in total. The molecule has 0 saturated carbocycles. The molecule has 0 saturated heterocycles. The Bertz CT molecular complexity index is 652. The third kappa shape index (κ3) is 2.41. The molecule has 0 aliphatic heterocycles. The van der Waals surface area contributed by atoms with Gasteiger partial charge in [-0.05, 0) is 31.4 Å². The summed E-state index contributed by atoms with van der Waals surface area (Å²) in [6.07, 6.45) is 6.34. The molecule has 1 N–H and O–H groups in total. The van der Waals surface area contributed by atoms with Gasteiger partial charge in [0.1, 0.15) is 5.69 Å². The van der Waals surface area contributed by atoms with Crippen molar-refractivity contribution in [2.24, 2.45) is 7.05 Å². The summed E-state index contributed by atoms with van der Waals surface area (Å²) in [6, 6.07) is 3.22. The smallest absolute Gasteiger partial charge is 0.270 e. The molecule has 20 heavy (non-hydrogen) atoms. The maximum Gasteiger partial charge on any atom is 0.270 e. The van der Waals surface area contributed by atoms with Gasteiger partial charge in [-0.2, -0.15) is 5.10 Å². The van der Waals surface area contributed by atoms with Crippen LogP contribution >= 0.6 is 11.6 Å². The molecule has 0 radical (unpaired) electrons. The van der Waals surface area contributed by atoms with Crippen LogP contribution in [0.4, 0.5) is 0 Å². The van der Waals surface area contributed by atoms with E-state index in [9.17, 15) is 4.79 Å². The van der Waals surface area contributed by atoms with Crippen molar-refractivity contribution >= 4 is 17.5 Å². The minimum atomic E-state index is -0.200. The summed E-state index contributed by atoms with van der Waals surface area (Å²) in [5, 5.41) is 7.80. The summed E-state index contributed by atoms with van der Waals surface area (Å²) < 4.78 is 1.88. The molecule has 3 rings (SSSR count). The molecule has 2 aromatic rings. The number of hydrogen-bond acceptors (Lipinski definition) is 3. The SMILES string of the molecule is Cn1ncc2c1CCCC2NC(=O)c1cc(Cl)ccn1. The van der Waals surface area contributed by atoms with Crippen molar-refractivity contribution in [2.75, 3.05) is 0 Å². The van der Waals surface area contributed by atoms with Gasteiger partial charge in [0.2, 0.25) is 0 Å². The standard InChI is InChI=1S/C14H15ClN4O/c1-19-13-4-2-3-11(10(13)8-17-19)18-14(20)12-7-9(15)5-6-16-12/h5-8,11H,2-4H2,1H3,(H,18,20). The summed E-state index contributed by atoms with van der Waals surface area (Å²) in [7, 11) is 1.93. The zero-order chi connectivity index (χ0) is 14.1. The fraction of sp³-hybridized carbons (Fsp3) is 0.357. The summed E-state index contributed by atoms with van der Waals surface area (Å²) >= 11 is 5.88. The van der Waals surface area contributed by atoms with Crippen molar-refractivity contribution in [3.05, 3.63) is 46.5 Å². The molecule has 1 amide bonds. The lowest BCUT2D eigenvalue weighted by atomic mass is 9.93. The van der Waals surface area contributed by atoms with Crippen molar-refractivity contribution in [3.8, 4) is 0 Å². The van der Waals surface area contributed by atoms with Crippen molar-refractivity contribution < 1.29 is 4.79 Å². The van der Waals surface area contributed by atoms with Crippen LogP contribution in [0.3, 0.4) is 0 Å². The second-order valence-corrected chi connectivity index (χ2v) is 5.38. The molecule has 0 bridgehead atoms. The first-order valence-corrected chi connectivity index (χ1v) is 6.96. The molecule has 1 aliphatic rings. The average Bonchev–Trinajstić information content (AvgIpc) is 2.82. The number of pyridine rings is 1. The Balaban J connectivity index is 1.80. The molecule has 1 atom stereocenters. The van der Waals surface area contributed by atoms with E-state index in [-0.39, 0.29) is 11.9 Å². The summed E-state index contributed by atoms with van der Waals surface area (Å²) in [6.45, 7) is 0. The number of hydrogen-bond donors (Lipinski definition) is 1. The number of amides is 1. The van der Waals surface area contributed by atoms with E-state index in [0.717, 1.165) is 24.8 Å². The van der Waals surface area contributed by atoms with Crippen LogP contribution < -0.4 is 5.32 Å². The quantitative estimate of drug-likeness (QED) is 0.923. The van der Waals surface area contributed by atoms with Crippen LogP contribution in [-0.4, -0.2) is 20.7 Å². The molecule has 2 aromatic heterocycles. The van der Waals surface area contributed by atoms with Gasteiger partial charge in [0.25, 0.3) is 5.91 Å². The summed E-state index contributed by atoms with van der Waals surface area (Å²) in [5.41, 5.74) is 2.64. The van der Waals surface area contributed by atoms with E-state index >= 15 is 0 Å². The Morgan fingerprint density at radius 1 is 1.55 bits per heavy atom. The monoisotopic (exact) mass is 290 g/mol. The lowest BCUT2D eigenvalue weighted by molar-refractivity contribution is 0.0927. The first kappa shape index (κ1) is 13.1. The van der Waals surface area contributed by atoms with Gasteiger partial charge in [0.05, 0.1) is 12.2 Å². The maximum absolute atomic E-state index is 12.2. The van der Waals surface area contributed by atoms with Crippen molar-refractivity contribution in [2.45, 2.75) is 25.3 Å². The third-order valence-electron chi connectivity index (χ3n) is 3.64. The zero-order valence-corrected chi connectivity index (χ0v) is 11.9. The number of nitrogens with zero attached hydrogens (tertiary/aromatic N) is 3. The van der Waals surface area contributed by atoms with Crippen LogP contribution in [0.2, 0.25) is 5.02 Å². The first-order chi connectivity index (χ1) is 9.65. The van der Waals surface area contributed by atoms with Crippen molar-refractivity contribution in [1.29, 1.82) is 0 Å². The number of fused-ring (bicyclic) bond motifs is 1. The Labute approximate surface area is 122 Å². The predicted octanol–water partition coefficient (Wildman–Crippen LogP) is 2.28. The fourth-order valence-corrected chi connectivity index (χ4v) is 2.78. The molecular formula is C14H15ClN4O.